The lowest BCUT2D eigenvalue weighted by Crippen LogP contribution is -2.37. The topological polar surface area (TPSA) is 56.7 Å². The number of anilines is 1. The summed E-state index contributed by atoms with van der Waals surface area (Å²) in [6.07, 6.45) is 3.41. The predicted octanol–water partition coefficient (Wildman–Crippen LogP) is 2.05. The zero-order valence-electron chi connectivity index (χ0n) is 13.1. The molecule has 0 spiro atoms. The van der Waals surface area contributed by atoms with Crippen LogP contribution in [-0.4, -0.2) is 31.5 Å². The number of hydrogen-bond donors (Lipinski definition) is 2. The first-order valence-electron chi connectivity index (χ1n) is 7.77. The molecule has 1 aromatic rings. The number of amides is 1. The third kappa shape index (κ3) is 4.35. The van der Waals surface area contributed by atoms with Gasteiger partial charge in [0.25, 0.3) is 0 Å². The van der Waals surface area contributed by atoms with Gasteiger partial charge in [-0.1, -0.05) is 18.2 Å². The minimum absolute atomic E-state index is 0.217. The number of nitrogens with zero attached hydrogens (tertiary/aromatic N) is 2. The van der Waals surface area contributed by atoms with Gasteiger partial charge in [-0.2, -0.15) is 0 Å². The molecular weight excluding hydrogens is 276 g/mol. The summed E-state index contributed by atoms with van der Waals surface area (Å²) in [5, 5.41) is 6.36. The van der Waals surface area contributed by atoms with Crippen molar-refractivity contribution >= 4 is 17.6 Å². The maximum atomic E-state index is 11.7. The molecule has 0 aliphatic carbocycles. The zero-order chi connectivity index (χ0) is 15.8. The van der Waals surface area contributed by atoms with Gasteiger partial charge in [0.15, 0.2) is 5.96 Å². The van der Waals surface area contributed by atoms with Crippen LogP contribution in [0.5, 0.6) is 0 Å². The summed E-state index contributed by atoms with van der Waals surface area (Å²) in [6, 6.07) is 8.05. The second kappa shape index (κ2) is 8.22. The maximum absolute atomic E-state index is 11.7. The molecule has 1 aliphatic rings. The Hall–Kier alpha value is -2.30. The highest BCUT2D eigenvalue weighted by Gasteiger charge is 2.21. The van der Waals surface area contributed by atoms with E-state index in [-0.39, 0.29) is 5.91 Å². The van der Waals surface area contributed by atoms with E-state index in [9.17, 15) is 4.79 Å². The molecule has 2 rings (SSSR count). The molecule has 1 fully saturated rings. The molecule has 22 heavy (non-hydrogen) atoms. The Balaban J connectivity index is 1.97. The lowest BCUT2D eigenvalue weighted by atomic mass is 10.2. The Morgan fingerprint density at radius 1 is 1.36 bits per heavy atom. The smallest absolute Gasteiger partial charge is 0.227 e. The molecule has 1 saturated heterocycles. The largest absolute Gasteiger partial charge is 0.357 e. The summed E-state index contributed by atoms with van der Waals surface area (Å²) >= 11 is 0. The van der Waals surface area contributed by atoms with Crippen molar-refractivity contribution in [3.05, 3.63) is 42.5 Å². The zero-order valence-corrected chi connectivity index (χ0v) is 13.1. The standard InChI is InChI=1S/C17H24N4O/c1-3-11-19-17(18-4-2)20-13-14-7-9-15(10-8-14)21-12-5-6-16(21)22/h3,7-10H,1,4-6,11-13H2,2H3,(H2,18,19,20). The average molecular weight is 300 g/mol. The van der Waals surface area contributed by atoms with Crippen molar-refractivity contribution in [2.75, 3.05) is 24.5 Å². The van der Waals surface area contributed by atoms with Gasteiger partial charge in [0, 0.05) is 31.7 Å². The van der Waals surface area contributed by atoms with E-state index in [2.05, 4.69) is 22.2 Å². The van der Waals surface area contributed by atoms with E-state index in [1.165, 1.54) is 0 Å². The van der Waals surface area contributed by atoms with Crippen LogP contribution in [-0.2, 0) is 11.3 Å². The van der Waals surface area contributed by atoms with Crippen molar-refractivity contribution in [2.24, 2.45) is 4.99 Å². The minimum atomic E-state index is 0.217. The molecule has 2 N–H and O–H groups in total. The van der Waals surface area contributed by atoms with Gasteiger partial charge in [0.05, 0.1) is 6.54 Å². The van der Waals surface area contributed by atoms with Crippen LogP contribution in [0.1, 0.15) is 25.3 Å². The minimum Gasteiger partial charge on any atom is -0.357 e. The summed E-state index contributed by atoms with van der Waals surface area (Å²) in [4.78, 5) is 18.1. The number of aliphatic imine (C=N–C) groups is 1. The number of nitrogens with one attached hydrogen (secondary N) is 2. The Morgan fingerprint density at radius 2 is 2.14 bits per heavy atom. The van der Waals surface area contributed by atoms with Gasteiger partial charge in [-0.25, -0.2) is 4.99 Å². The highest BCUT2D eigenvalue weighted by atomic mass is 16.2. The summed E-state index contributed by atoms with van der Waals surface area (Å²) in [5.74, 6) is 0.995. The van der Waals surface area contributed by atoms with Crippen molar-refractivity contribution in [3.8, 4) is 0 Å². The average Bonchev–Trinajstić information content (AvgIpc) is 2.97. The van der Waals surface area contributed by atoms with E-state index in [0.29, 0.717) is 19.5 Å². The molecule has 0 saturated carbocycles. The number of benzene rings is 1. The number of carbonyl (C=O) groups is 1. The number of hydrogen-bond acceptors (Lipinski definition) is 2. The van der Waals surface area contributed by atoms with Crippen molar-refractivity contribution in [1.82, 2.24) is 10.6 Å². The fraction of sp³-hybridized carbons (Fsp3) is 0.412. The van der Waals surface area contributed by atoms with Gasteiger partial charge in [-0.3, -0.25) is 4.79 Å². The third-order valence-electron chi connectivity index (χ3n) is 3.50. The first-order valence-corrected chi connectivity index (χ1v) is 7.77. The molecule has 1 heterocycles. The monoisotopic (exact) mass is 300 g/mol. The van der Waals surface area contributed by atoms with E-state index in [4.69, 9.17) is 0 Å². The van der Waals surface area contributed by atoms with Crippen LogP contribution in [0.4, 0.5) is 5.69 Å². The Morgan fingerprint density at radius 3 is 2.73 bits per heavy atom. The Kier molecular flexibility index (Phi) is 6.01. The summed E-state index contributed by atoms with van der Waals surface area (Å²) in [5.41, 5.74) is 2.10. The third-order valence-corrected chi connectivity index (χ3v) is 3.50. The quantitative estimate of drug-likeness (QED) is 0.480. The van der Waals surface area contributed by atoms with Gasteiger partial charge in [-0.05, 0) is 31.0 Å². The second-order valence-electron chi connectivity index (χ2n) is 5.18. The first kappa shape index (κ1) is 16.1. The summed E-state index contributed by atoms with van der Waals surface area (Å²) in [7, 11) is 0. The molecule has 118 valence electrons. The van der Waals surface area contributed by atoms with E-state index >= 15 is 0 Å². The van der Waals surface area contributed by atoms with Crippen LogP contribution in [0.2, 0.25) is 0 Å². The molecule has 5 nitrogen and oxygen atoms in total. The molecule has 1 aromatic carbocycles. The van der Waals surface area contributed by atoms with E-state index in [0.717, 1.165) is 36.7 Å². The first-order chi connectivity index (χ1) is 10.7. The SMILES string of the molecule is C=CCNC(=NCc1ccc(N2CCCC2=O)cc1)NCC. The highest BCUT2D eigenvalue weighted by molar-refractivity contribution is 5.95. The number of carbonyl (C=O) groups excluding carboxylic acids is 1. The van der Waals surface area contributed by atoms with Crippen LogP contribution in [0.15, 0.2) is 41.9 Å². The van der Waals surface area contributed by atoms with Gasteiger partial charge >= 0.3 is 0 Å². The fourth-order valence-electron chi connectivity index (χ4n) is 2.38. The van der Waals surface area contributed by atoms with Gasteiger partial charge < -0.3 is 15.5 Å². The van der Waals surface area contributed by atoms with Crippen LogP contribution in [0, 0.1) is 0 Å². The van der Waals surface area contributed by atoms with Crippen LogP contribution in [0.25, 0.3) is 0 Å². The van der Waals surface area contributed by atoms with Gasteiger partial charge in [-0.15, -0.1) is 6.58 Å². The molecule has 1 aliphatic heterocycles. The maximum Gasteiger partial charge on any atom is 0.227 e. The Bertz CT molecular complexity index is 536. The molecule has 0 bridgehead atoms. The fourth-order valence-corrected chi connectivity index (χ4v) is 2.38. The predicted molar refractivity (Wildman–Crippen MR) is 91.0 cm³/mol. The second-order valence-corrected chi connectivity index (χ2v) is 5.18. The van der Waals surface area contributed by atoms with Crippen LogP contribution >= 0.6 is 0 Å². The van der Waals surface area contributed by atoms with E-state index in [1.54, 1.807) is 6.08 Å². The molecule has 0 atom stereocenters. The molecule has 5 heteroatoms. The van der Waals surface area contributed by atoms with Crippen molar-refractivity contribution in [2.45, 2.75) is 26.3 Å². The summed E-state index contributed by atoms with van der Waals surface area (Å²) < 4.78 is 0. The molecular formula is C17H24N4O. The lowest BCUT2D eigenvalue weighted by Gasteiger charge is -2.15. The molecule has 0 unspecified atom stereocenters. The van der Waals surface area contributed by atoms with Crippen LogP contribution in [0.3, 0.4) is 0 Å². The van der Waals surface area contributed by atoms with E-state index < -0.39 is 0 Å². The highest BCUT2D eigenvalue weighted by Crippen LogP contribution is 2.21. The normalized spacial score (nSPS) is 15.0. The molecule has 1 amide bonds. The van der Waals surface area contributed by atoms with Crippen molar-refractivity contribution < 1.29 is 4.79 Å². The summed E-state index contributed by atoms with van der Waals surface area (Å²) in [6.45, 7) is 8.65. The van der Waals surface area contributed by atoms with Crippen molar-refractivity contribution in [3.63, 3.8) is 0 Å². The molecule has 0 radical (unpaired) electrons. The van der Waals surface area contributed by atoms with E-state index in [1.807, 2.05) is 36.1 Å². The van der Waals surface area contributed by atoms with Gasteiger partial charge in [0.1, 0.15) is 0 Å². The number of guanidine groups is 1. The van der Waals surface area contributed by atoms with Gasteiger partial charge in [0.2, 0.25) is 5.91 Å². The Labute approximate surface area is 132 Å². The molecule has 0 aromatic heterocycles. The number of rotatable bonds is 6. The van der Waals surface area contributed by atoms with Crippen molar-refractivity contribution in [1.29, 1.82) is 0 Å². The lowest BCUT2D eigenvalue weighted by molar-refractivity contribution is -0.117. The van der Waals surface area contributed by atoms with Crippen LogP contribution < -0.4 is 15.5 Å².